The minimum Gasteiger partial charge on any atom is -0.490 e. The predicted molar refractivity (Wildman–Crippen MR) is 154 cm³/mol. The number of nitro groups is 1. The van der Waals surface area contributed by atoms with Crippen LogP contribution in [0.5, 0.6) is 11.5 Å². The molecule has 40 heavy (non-hydrogen) atoms. The highest BCUT2D eigenvalue weighted by Gasteiger charge is 2.26. The Balaban J connectivity index is 1.69. The van der Waals surface area contributed by atoms with Gasteiger partial charge < -0.3 is 9.47 Å². The first-order valence-electron chi connectivity index (χ1n) is 12.6. The van der Waals surface area contributed by atoms with Crippen LogP contribution in [-0.2, 0) is 6.61 Å². The van der Waals surface area contributed by atoms with Gasteiger partial charge in [-0.1, -0.05) is 47.6 Å². The molecule has 0 bridgehead atoms. The number of hydrogen-bond donors (Lipinski definition) is 0. The lowest BCUT2D eigenvalue weighted by Crippen LogP contribution is -2.12. The molecule has 0 amide bonds. The van der Waals surface area contributed by atoms with Crippen molar-refractivity contribution in [3.8, 4) is 23.3 Å². The lowest BCUT2D eigenvalue weighted by atomic mass is 10.1. The maximum Gasteiger partial charge on any atom is 0.220 e. The second kappa shape index (κ2) is 12.9. The highest BCUT2D eigenvalue weighted by Crippen LogP contribution is 2.43. The van der Waals surface area contributed by atoms with Crippen LogP contribution in [0, 0.1) is 42.2 Å². The van der Waals surface area contributed by atoms with Gasteiger partial charge in [0.15, 0.2) is 16.7 Å². The lowest BCUT2D eigenvalue weighted by Gasteiger charge is -2.19. The first-order chi connectivity index (χ1) is 19.2. The van der Waals surface area contributed by atoms with Crippen molar-refractivity contribution >= 4 is 23.4 Å². The number of nitrogens with zero attached hydrogens (tertiary/aromatic N) is 5. The summed E-state index contributed by atoms with van der Waals surface area (Å²) < 4.78 is 13.7. The molecule has 4 rings (SSSR count). The van der Waals surface area contributed by atoms with Crippen LogP contribution in [-0.4, -0.2) is 32.8 Å². The second-order valence-corrected chi connectivity index (χ2v) is 10.7. The Morgan fingerprint density at radius 1 is 1.10 bits per heavy atom. The number of aryl methyl sites for hydroxylation is 3. The molecule has 9 nitrogen and oxygen atoms in total. The Morgan fingerprint density at radius 2 is 1.88 bits per heavy atom. The molecule has 0 radical (unpaired) electrons. The van der Waals surface area contributed by atoms with Crippen molar-refractivity contribution in [1.29, 1.82) is 5.26 Å². The molecule has 0 aliphatic heterocycles. The molecule has 206 valence electrons. The summed E-state index contributed by atoms with van der Waals surface area (Å²) in [5.41, 5.74) is 4.94. The quantitative estimate of drug-likeness (QED) is 0.108. The minimum atomic E-state index is -0.644. The average Bonchev–Trinajstić information content (AvgIpc) is 3.29. The fraction of sp³-hybridized carbons (Fsp3) is 0.276. The van der Waals surface area contributed by atoms with E-state index >= 15 is 0 Å². The molecule has 0 aliphatic rings. The smallest absolute Gasteiger partial charge is 0.220 e. The zero-order valence-corrected chi connectivity index (χ0v) is 24.1. The molecule has 1 aromatic heterocycles. The highest BCUT2D eigenvalue weighted by molar-refractivity contribution is 7.99. The van der Waals surface area contributed by atoms with Gasteiger partial charge in [0.2, 0.25) is 6.54 Å². The standard InChI is InChI=1S/C29H28ClN5O4S/c1-5-38-26-14-23(13-25(30)28(26)39-17-22-9-7-6-8-21(22)15-31)27(16-34(36)37)40-29-33-32-20(4)35(29)24-11-10-18(2)19(3)12-24/h6-14,27H,5,16-17H2,1-4H3/t27-/m1/s1. The van der Waals surface area contributed by atoms with E-state index in [0.29, 0.717) is 45.8 Å². The van der Waals surface area contributed by atoms with E-state index in [1.54, 1.807) is 30.3 Å². The molecule has 11 heteroatoms. The van der Waals surface area contributed by atoms with Crippen molar-refractivity contribution in [2.75, 3.05) is 13.2 Å². The third-order valence-electron chi connectivity index (χ3n) is 6.32. The Bertz CT molecular complexity index is 1580. The molecule has 0 unspecified atom stereocenters. The molecule has 0 fully saturated rings. The molecule has 4 aromatic rings. The van der Waals surface area contributed by atoms with Crippen LogP contribution in [0.15, 0.2) is 59.8 Å². The summed E-state index contributed by atoms with van der Waals surface area (Å²) in [6.45, 7) is 7.80. The molecule has 0 spiro atoms. The largest absolute Gasteiger partial charge is 0.490 e. The fourth-order valence-corrected chi connectivity index (χ4v) is 5.56. The zero-order chi connectivity index (χ0) is 28.8. The van der Waals surface area contributed by atoms with Crippen molar-refractivity contribution in [2.45, 2.75) is 44.7 Å². The molecule has 0 saturated carbocycles. The van der Waals surface area contributed by atoms with E-state index in [1.807, 2.05) is 56.5 Å². The summed E-state index contributed by atoms with van der Waals surface area (Å²) in [7, 11) is 0. The van der Waals surface area contributed by atoms with E-state index in [4.69, 9.17) is 21.1 Å². The van der Waals surface area contributed by atoms with Gasteiger partial charge in [-0.2, -0.15) is 5.26 Å². The number of benzene rings is 3. The Labute approximate surface area is 241 Å². The number of hydrogen-bond acceptors (Lipinski definition) is 8. The van der Waals surface area contributed by atoms with Gasteiger partial charge in [0.1, 0.15) is 17.7 Å². The van der Waals surface area contributed by atoms with E-state index in [-0.39, 0.29) is 23.1 Å². The third kappa shape index (κ3) is 6.55. The Morgan fingerprint density at radius 3 is 2.58 bits per heavy atom. The molecule has 0 aliphatic carbocycles. The number of halogens is 1. The average molecular weight is 578 g/mol. The number of nitriles is 1. The molecular weight excluding hydrogens is 550 g/mol. The van der Waals surface area contributed by atoms with Gasteiger partial charge >= 0.3 is 0 Å². The van der Waals surface area contributed by atoms with Crippen molar-refractivity contribution in [3.63, 3.8) is 0 Å². The molecule has 0 N–H and O–H groups in total. The maximum absolute atomic E-state index is 11.7. The first kappa shape index (κ1) is 28.9. The summed E-state index contributed by atoms with van der Waals surface area (Å²) in [5, 5.41) is 29.8. The molecule has 3 aromatic carbocycles. The monoisotopic (exact) mass is 577 g/mol. The third-order valence-corrected chi connectivity index (χ3v) is 7.78. The molecule has 1 atom stereocenters. The van der Waals surface area contributed by atoms with E-state index in [9.17, 15) is 15.4 Å². The van der Waals surface area contributed by atoms with Crippen molar-refractivity contribution in [3.05, 3.63) is 103 Å². The van der Waals surface area contributed by atoms with Crippen molar-refractivity contribution in [2.24, 2.45) is 0 Å². The number of rotatable bonds is 11. The number of aromatic nitrogens is 3. The maximum atomic E-state index is 11.7. The summed E-state index contributed by atoms with van der Waals surface area (Å²) in [4.78, 5) is 11.4. The van der Waals surface area contributed by atoms with Crippen LogP contribution in [0.25, 0.3) is 5.69 Å². The van der Waals surface area contributed by atoms with Gasteiger partial charge in [0, 0.05) is 16.2 Å². The SMILES string of the molecule is CCOc1cc([C@@H](C[N+](=O)[O-])Sc2nnc(C)n2-c2ccc(C)c(C)c2)cc(Cl)c1OCc1ccccc1C#N. The summed E-state index contributed by atoms with van der Waals surface area (Å²) in [6, 6.07) is 18.7. The van der Waals surface area contributed by atoms with Gasteiger partial charge in [-0.3, -0.25) is 14.7 Å². The van der Waals surface area contributed by atoms with E-state index in [2.05, 4.69) is 16.3 Å². The van der Waals surface area contributed by atoms with Gasteiger partial charge in [0.05, 0.1) is 23.3 Å². The fourth-order valence-electron chi connectivity index (χ4n) is 4.14. The predicted octanol–water partition coefficient (Wildman–Crippen LogP) is 6.81. The summed E-state index contributed by atoms with van der Waals surface area (Å²) >= 11 is 7.91. The zero-order valence-electron chi connectivity index (χ0n) is 22.6. The Hall–Kier alpha value is -4.07. The van der Waals surface area contributed by atoms with Crippen LogP contribution in [0.2, 0.25) is 5.02 Å². The van der Waals surface area contributed by atoms with Crippen LogP contribution in [0.4, 0.5) is 0 Å². The van der Waals surface area contributed by atoms with E-state index < -0.39 is 5.25 Å². The van der Waals surface area contributed by atoms with Crippen LogP contribution >= 0.6 is 23.4 Å². The summed E-state index contributed by atoms with van der Waals surface area (Å²) in [6.07, 6.45) is 0. The van der Waals surface area contributed by atoms with Gasteiger partial charge in [0.25, 0.3) is 0 Å². The lowest BCUT2D eigenvalue weighted by molar-refractivity contribution is -0.479. The highest BCUT2D eigenvalue weighted by atomic mass is 35.5. The van der Waals surface area contributed by atoms with Gasteiger partial charge in [-0.25, -0.2) is 0 Å². The molecule has 0 saturated heterocycles. The van der Waals surface area contributed by atoms with E-state index in [1.165, 1.54) is 11.8 Å². The van der Waals surface area contributed by atoms with Gasteiger partial charge in [-0.15, -0.1) is 10.2 Å². The number of thioether (sulfide) groups is 1. The molecular formula is C29H28ClN5O4S. The number of ether oxygens (including phenoxy) is 2. The van der Waals surface area contributed by atoms with Crippen molar-refractivity contribution < 1.29 is 14.4 Å². The normalized spacial score (nSPS) is 11.6. The van der Waals surface area contributed by atoms with Crippen LogP contribution in [0.3, 0.4) is 0 Å². The topological polar surface area (TPSA) is 116 Å². The minimum absolute atomic E-state index is 0.105. The Kier molecular flexibility index (Phi) is 9.30. The summed E-state index contributed by atoms with van der Waals surface area (Å²) in [5.74, 6) is 1.33. The van der Waals surface area contributed by atoms with Crippen LogP contribution < -0.4 is 9.47 Å². The van der Waals surface area contributed by atoms with Crippen molar-refractivity contribution in [1.82, 2.24) is 14.8 Å². The second-order valence-electron chi connectivity index (χ2n) is 9.08. The molecule has 1 heterocycles. The van der Waals surface area contributed by atoms with Gasteiger partial charge in [-0.05, 0) is 74.7 Å². The van der Waals surface area contributed by atoms with E-state index in [0.717, 1.165) is 16.8 Å². The van der Waals surface area contributed by atoms with Crippen LogP contribution in [0.1, 0.15) is 45.8 Å². The first-order valence-corrected chi connectivity index (χ1v) is 13.8.